The van der Waals surface area contributed by atoms with E-state index in [-0.39, 0.29) is 23.1 Å². The summed E-state index contributed by atoms with van der Waals surface area (Å²) < 4.78 is 47.4. The Labute approximate surface area is 210 Å². The van der Waals surface area contributed by atoms with Crippen molar-refractivity contribution in [3.05, 3.63) is 89.3 Å². The number of rotatable bonds is 6. The Hall–Kier alpha value is -4.34. The monoisotopic (exact) mass is 512 g/mol. The van der Waals surface area contributed by atoms with Gasteiger partial charge in [0.2, 0.25) is 0 Å². The summed E-state index contributed by atoms with van der Waals surface area (Å²) in [6.45, 7) is 5.54. The van der Waals surface area contributed by atoms with E-state index in [0.717, 1.165) is 17.0 Å². The van der Waals surface area contributed by atoms with Crippen molar-refractivity contribution in [2.24, 2.45) is 0 Å². The zero-order chi connectivity index (χ0) is 26.9. The lowest BCUT2D eigenvalue weighted by molar-refractivity contribution is -0.274. The Morgan fingerprint density at radius 2 is 1.76 bits per heavy atom. The van der Waals surface area contributed by atoms with E-state index in [1.54, 1.807) is 43.3 Å². The molecule has 1 atom stereocenters. The van der Waals surface area contributed by atoms with Crippen molar-refractivity contribution < 1.29 is 37.3 Å². The number of aliphatic hydroxyl groups excluding tert-OH is 1. The van der Waals surface area contributed by atoms with Crippen LogP contribution in [0, 0.1) is 6.92 Å². The predicted molar refractivity (Wildman–Crippen MR) is 129 cm³/mol. The van der Waals surface area contributed by atoms with Crippen LogP contribution in [0.5, 0.6) is 11.5 Å². The first-order valence-corrected chi connectivity index (χ1v) is 11.3. The van der Waals surface area contributed by atoms with Crippen LogP contribution in [0.2, 0.25) is 0 Å². The van der Waals surface area contributed by atoms with E-state index < -0.39 is 35.6 Å². The number of alkyl halides is 3. The number of hydrogen-bond acceptors (Lipinski definition) is 6. The Morgan fingerprint density at radius 1 is 1.05 bits per heavy atom. The summed E-state index contributed by atoms with van der Waals surface area (Å²) in [5.74, 6) is -2.20. The number of Topliss-reactive ketones (excluding diaryl/α,β-unsaturated/α-hetero) is 1. The highest BCUT2D eigenvalue weighted by molar-refractivity contribution is 6.51. The molecule has 4 rings (SSSR count). The lowest BCUT2D eigenvalue weighted by Crippen LogP contribution is -2.29. The number of nitrogens with zero attached hydrogens (tertiary/aromatic N) is 2. The Balaban J connectivity index is 1.81. The normalized spacial score (nSPS) is 17.4. The highest BCUT2D eigenvalue weighted by Crippen LogP contribution is 2.42. The van der Waals surface area contributed by atoms with Gasteiger partial charge in [-0.3, -0.25) is 19.5 Å². The minimum atomic E-state index is -4.88. The number of carbonyl (C=O) groups is 2. The lowest BCUT2D eigenvalue weighted by atomic mass is 9.97. The number of aromatic nitrogens is 1. The molecule has 1 aliphatic heterocycles. The van der Waals surface area contributed by atoms with Crippen LogP contribution in [0.15, 0.2) is 72.4 Å². The van der Waals surface area contributed by atoms with E-state index in [9.17, 15) is 27.9 Å². The summed E-state index contributed by atoms with van der Waals surface area (Å²) in [6.07, 6.45) is -3.48. The summed E-state index contributed by atoms with van der Waals surface area (Å²) in [7, 11) is 0. The molecule has 1 unspecified atom stereocenters. The average molecular weight is 512 g/mol. The Kier molecular flexibility index (Phi) is 6.93. The van der Waals surface area contributed by atoms with E-state index in [0.29, 0.717) is 16.9 Å². The number of amides is 1. The molecular weight excluding hydrogens is 489 g/mol. The Bertz CT molecular complexity index is 1350. The van der Waals surface area contributed by atoms with E-state index >= 15 is 0 Å². The molecule has 1 saturated heterocycles. The van der Waals surface area contributed by atoms with Gasteiger partial charge in [0, 0.05) is 17.4 Å². The van der Waals surface area contributed by atoms with Gasteiger partial charge < -0.3 is 14.6 Å². The van der Waals surface area contributed by atoms with E-state index in [1.165, 1.54) is 18.3 Å². The molecule has 2 aromatic carbocycles. The molecule has 1 N–H and O–H groups in total. The zero-order valence-electron chi connectivity index (χ0n) is 20.1. The average Bonchev–Trinajstić information content (AvgIpc) is 3.10. The van der Waals surface area contributed by atoms with Gasteiger partial charge >= 0.3 is 6.36 Å². The van der Waals surface area contributed by atoms with Crippen molar-refractivity contribution in [2.75, 3.05) is 4.90 Å². The molecule has 0 radical (unpaired) electrons. The summed E-state index contributed by atoms with van der Waals surface area (Å²) in [6, 6.07) is 13.2. The number of aliphatic hydroxyl groups is 1. The smallest absolute Gasteiger partial charge is 0.507 e. The van der Waals surface area contributed by atoms with E-state index in [4.69, 9.17) is 4.74 Å². The summed E-state index contributed by atoms with van der Waals surface area (Å²) in [5, 5.41) is 11.2. The molecule has 1 amide bonds. The van der Waals surface area contributed by atoms with Crippen molar-refractivity contribution in [1.82, 2.24) is 4.98 Å². The molecule has 0 bridgehead atoms. The number of carbonyl (C=O) groups excluding carboxylic acids is 2. The predicted octanol–water partition coefficient (Wildman–Crippen LogP) is 5.70. The fourth-order valence-corrected chi connectivity index (χ4v) is 4.06. The quantitative estimate of drug-likeness (QED) is 0.259. The number of anilines is 1. The second kappa shape index (κ2) is 9.96. The van der Waals surface area contributed by atoms with Crippen LogP contribution in [0.1, 0.15) is 36.7 Å². The van der Waals surface area contributed by atoms with Crippen molar-refractivity contribution >= 4 is 23.1 Å². The van der Waals surface area contributed by atoms with Gasteiger partial charge in [-0.05, 0) is 80.9 Å². The van der Waals surface area contributed by atoms with Crippen molar-refractivity contribution in [3.8, 4) is 11.5 Å². The molecule has 37 heavy (non-hydrogen) atoms. The maximum Gasteiger partial charge on any atom is 0.573 e. The van der Waals surface area contributed by atoms with Gasteiger partial charge in [0.05, 0.1) is 17.4 Å². The zero-order valence-corrected chi connectivity index (χ0v) is 20.1. The number of ether oxygens (including phenoxy) is 2. The van der Waals surface area contributed by atoms with Gasteiger partial charge in [0.1, 0.15) is 23.3 Å². The second-order valence-electron chi connectivity index (χ2n) is 8.61. The maximum atomic E-state index is 13.2. The third-order valence-electron chi connectivity index (χ3n) is 5.57. The number of pyridine rings is 1. The first-order chi connectivity index (χ1) is 17.5. The van der Waals surface area contributed by atoms with Crippen LogP contribution in [0.25, 0.3) is 5.76 Å². The standard InChI is InChI=1S/C27H23F3N2O5/c1-15(2)36-21-12-7-17(14-16(21)3)24(33)22-23(20-6-4-5-13-31-20)32(26(35)25(22)34)18-8-10-19(11-9-18)37-27(28,29)30/h4-15,23,33H,1-3H3/b24-22-. The molecular formula is C27H23F3N2O5. The third-order valence-corrected chi connectivity index (χ3v) is 5.57. The van der Waals surface area contributed by atoms with Crippen LogP contribution < -0.4 is 14.4 Å². The fraction of sp³-hybridized carbons (Fsp3) is 0.222. The second-order valence-corrected chi connectivity index (χ2v) is 8.61. The van der Waals surface area contributed by atoms with Gasteiger partial charge in [-0.25, -0.2) is 0 Å². The largest absolute Gasteiger partial charge is 0.573 e. The highest BCUT2D eigenvalue weighted by atomic mass is 19.4. The SMILES string of the molecule is Cc1cc(/C(O)=C2/C(=O)C(=O)N(c3ccc(OC(F)(F)F)cc3)C2c2ccccn2)ccc1OC(C)C. The molecule has 1 fully saturated rings. The summed E-state index contributed by atoms with van der Waals surface area (Å²) in [5.41, 5.74) is 1.22. The summed E-state index contributed by atoms with van der Waals surface area (Å²) >= 11 is 0. The first kappa shape index (κ1) is 25.7. The highest BCUT2D eigenvalue weighted by Gasteiger charge is 2.47. The molecule has 0 aliphatic carbocycles. The van der Waals surface area contributed by atoms with Gasteiger partial charge in [-0.2, -0.15) is 0 Å². The molecule has 0 spiro atoms. The van der Waals surface area contributed by atoms with Crippen LogP contribution in [-0.2, 0) is 9.59 Å². The van der Waals surface area contributed by atoms with Gasteiger partial charge in [-0.15, -0.1) is 13.2 Å². The van der Waals surface area contributed by atoms with Gasteiger partial charge in [-0.1, -0.05) is 6.07 Å². The topological polar surface area (TPSA) is 89.0 Å². The van der Waals surface area contributed by atoms with Crippen LogP contribution >= 0.6 is 0 Å². The summed E-state index contributed by atoms with van der Waals surface area (Å²) in [4.78, 5) is 31.7. The minimum Gasteiger partial charge on any atom is -0.507 e. The number of aryl methyl sites for hydroxylation is 1. The Morgan fingerprint density at radius 3 is 2.32 bits per heavy atom. The van der Waals surface area contributed by atoms with Crippen molar-refractivity contribution in [3.63, 3.8) is 0 Å². The van der Waals surface area contributed by atoms with Crippen LogP contribution in [0.3, 0.4) is 0 Å². The molecule has 2 heterocycles. The third kappa shape index (κ3) is 5.42. The number of benzene rings is 2. The van der Waals surface area contributed by atoms with Gasteiger partial charge in [0.15, 0.2) is 0 Å². The minimum absolute atomic E-state index is 0.0689. The molecule has 192 valence electrons. The van der Waals surface area contributed by atoms with Crippen LogP contribution in [0.4, 0.5) is 18.9 Å². The van der Waals surface area contributed by atoms with E-state index in [1.807, 2.05) is 13.8 Å². The maximum absolute atomic E-state index is 13.2. The number of hydrogen-bond donors (Lipinski definition) is 1. The molecule has 7 nitrogen and oxygen atoms in total. The van der Waals surface area contributed by atoms with Crippen LogP contribution in [-0.4, -0.2) is 34.2 Å². The van der Waals surface area contributed by atoms with Gasteiger partial charge in [0.25, 0.3) is 11.7 Å². The molecule has 3 aromatic rings. The number of halogens is 3. The van der Waals surface area contributed by atoms with Crippen molar-refractivity contribution in [2.45, 2.75) is 39.3 Å². The molecule has 1 aliphatic rings. The fourth-order valence-electron chi connectivity index (χ4n) is 4.06. The molecule has 10 heteroatoms. The molecule has 0 saturated carbocycles. The molecule has 1 aromatic heterocycles. The lowest BCUT2D eigenvalue weighted by Gasteiger charge is -2.25. The first-order valence-electron chi connectivity index (χ1n) is 11.3. The van der Waals surface area contributed by atoms with E-state index in [2.05, 4.69) is 9.72 Å². The van der Waals surface area contributed by atoms with Crippen molar-refractivity contribution in [1.29, 1.82) is 0 Å². The number of ketones is 1.